The summed E-state index contributed by atoms with van der Waals surface area (Å²) in [5.74, 6) is -1.17. The molecular weight excluding hydrogens is 329 g/mol. The van der Waals surface area contributed by atoms with Gasteiger partial charge in [0.2, 0.25) is 12.0 Å². The molecule has 1 heterocycles. The number of amides is 1. The molecular formula is C15H9F3N2O4. The summed E-state index contributed by atoms with van der Waals surface area (Å²) in [7, 11) is 1.31. The molecule has 0 aliphatic carbocycles. The van der Waals surface area contributed by atoms with Gasteiger partial charge in [-0.25, -0.2) is 9.78 Å². The van der Waals surface area contributed by atoms with Gasteiger partial charge in [-0.1, -0.05) is 6.07 Å². The maximum Gasteiger partial charge on any atom is 0.416 e. The van der Waals surface area contributed by atoms with Crippen LogP contribution >= 0.6 is 0 Å². The lowest BCUT2D eigenvalue weighted by atomic mass is 10.2. The molecule has 124 valence electrons. The van der Waals surface area contributed by atoms with Crippen LogP contribution < -0.4 is 9.47 Å². The second-order valence-corrected chi connectivity index (χ2v) is 4.37. The van der Waals surface area contributed by atoms with Gasteiger partial charge in [-0.2, -0.15) is 13.2 Å². The van der Waals surface area contributed by atoms with Crippen LogP contribution in [-0.4, -0.2) is 24.1 Å². The van der Waals surface area contributed by atoms with Crippen molar-refractivity contribution in [3.8, 4) is 17.4 Å². The third-order valence-electron chi connectivity index (χ3n) is 2.76. The highest BCUT2D eigenvalue weighted by Crippen LogP contribution is 2.33. The van der Waals surface area contributed by atoms with E-state index < -0.39 is 17.6 Å². The minimum absolute atomic E-state index is 0.136. The maximum atomic E-state index is 12.7. The van der Waals surface area contributed by atoms with Gasteiger partial charge in [-0.15, -0.1) is 4.99 Å². The topological polar surface area (TPSA) is 77.8 Å². The van der Waals surface area contributed by atoms with Crippen LogP contribution in [0.5, 0.6) is 17.4 Å². The van der Waals surface area contributed by atoms with E-state index in [0.717, 1.165) is 18.2 Å². The standard InChI is InChI=1S/C15H9F3N2O4/c1-23-11-6-12(14(22)19-8-21)20-13(7-11)24-10-4-2-3-9(5-10)15(16,17)18/h2-7H,1H3. The number of isocyanates is 1. The Bertz CT molecular complexity index is 815. The van der Waals surface area contributed by atoms with Gasteiger partial charge in [-0.3, -0.25) is 4.79 Å². The van der Waals surface area contributed by atoms with Crippen LogP contribution in [0.15, 0.2) is 41.4 Å². The first-order valence-electron chi connectivity index (χ1n) is 6.37. The highest BCUT2D eigenvalue weighted by molar-refractivity contribution is 5.96. The number of halogens is 3. The Morgan fingerprint density at radius 2 is 1.96 bits per heavy atom. The van der Waals surface area contributed by atoms with Gasteiger partial charge in [0, 0.05) is 12.1 Å². The fourth-order valence-corrected chi connectivity index (χ4v) is 1.72. The Balaban J connectivity index is 2.37. The predicted octanol–water partition coefficient (Wildman–Crippen LogP) is 3.38. The monoisotopic (exact) mass is 338 g/mol. The van der Waals surface area contributed by atoms with E-state index in [1.165, 1.54) is 31.4 Å². The number of methoxy groups -OCH3 is 1. The van der Waals surface area contributed by atoms with Crippen LogP contribution in [0.2, 0.25) is 0 Å². The van der Waals surface area contributed by atoms with Crippen LogP contribution in [-0.2, 0) is 11.0 Å². The van der Waals surface area contributed by atoms with Gasteiger partial charge < -0.3 is 9.47 Å². The second-order valence-electron chi connectivity index (χ2n) is 4.37. The fraction of sp³-hybridized carbons (Fsp3) is 0.133. The number of hydrogen-bond donors (Lipinski definition) is 0. The second kappa shape index (κ2) is 6.93. The molecule has 1 aromatic carbocycles. The van der Waals surface area contributed by atoms with Crippen LogP contribution in [0.4, 0.5) is 13.2 Å². The van der Waals surface area contributed by atoms with Crippen LogP contribution in [0, 0.1) is 0 Å². The van der Waals surface area contributed by atoms with Gasteiger partial charge in [-0.05, 0) is 18.2 Å². The first-order valence-corrected chi connectivity index (χ1v) is 6.37. The molecule has 2 aromatic rings. The summed E-state index contributed by atoms with van der Waals surface area (Å²) in [5.41, 5.74) is -1.18. The lowest BCUT2D eigenvalue weighted by molar-refractivity contribution is -0.137. The summed E-state index contributed by atoms with van der Waals surface area (Å²) >= 11 is 0. The number of rotatable bonds is 4. The van der Waals surface area contributed by atoms with Crippen molar-refractivity contribution in [3.05, 3.63) is 47.7 Å². The summed E-state index contributed by atoms with van der Waals surface area (Å²) in [5, 5.41) is 0. The van der Waals surface area contributed by atoms with Crippen molar-refractivity contribution in [1.29, 1.82) is 0 Å². The highest BCUT2D eigenvalue weighted by atomic mass is 19.4. The average Bonchev–Trinajstić information content (AvgIpc) is 2.54. The summed E-state index contributed by atoms with van der Waals surface area (Å²) in [4.78, 5) is 28.4. The molecule has 24 heavy (non-hydrogen) atoms. The molecule has 1 aromatic heterocycles. The van der Waals surface area contributed by atoms with Crippen LogP contribution in [0.1, 0.15) is 16.1 Å². The van der Waals surface area contributed by atoms with Crippen molar-refractivity contribution in [2.45, 2.75) is 6.18 Å². The first kappa shape index (κ1) is 17.2. The van der Waals surface area contributed by atoms with E-state index in [0.29, 0.717) is 0 Å². The molecule has 0 fully saturated rings. The first-order chi connectivity index (χ1) is 11.3. The number of carbonyl (C=O) groups is 1. The van der Waals surface area contributed by atoms with Crippen molar-refractivity contribution >= 4 is 12.0 Å². The Labute approximate surface area is 133 Å². The largest absolute Gasteiger partial charge is 0.496 e. The van der Waals surface area contributed by atoms with Gasteiger partial charge in [0.1, 0.15) is 17.2 Å². The van der Waals surface area contributed by atoms with E-state index in [2.05, 4.69) is 9.98 Å². The zero-order valence-corrected chi connectivity index (χ0v) is 12.1. The van der Waals surface area contributed by atoms with Gasteiger partial charge in [0.25, 0.3) is 0 Å². The Morgan fingerprint density at radius 3 is 2.58 bits per heavy atom. The van der Waals surface area contributed by atoms with Gasteiger partial charge >= 0.3 is 12.1 Å². The number of ether oxygens (including phenoxy) is 2. The number of hydrogen-bond acceptors (Lipinski definition) is 5. The lowest BCUT2D eigenvalue weighted by Crippen LogP contribution is -2.05. The number of carbonyl (C=O) groups excluding carboxylic acids is 2. The van der Waals surface area contributed by atoms with E-state index in [9.17, 15) is 22.8 Å². The molecule has 9 heteroatoms. The van der Waals surface area contributed by atoms with E-state index in [1.54, 1.807) is 0 Å². The molecule has 0 radical (unpaired) electrons. The zero-order valence-electron chi connectivity index (χ0n) is 12.1. The van der Waals surface area contributed by atoms with Crippen molar-refractivity contribution in [2.24, 2.45) is 4.99 Å². The predicted molar refractivity (Wildman–Crippen MR) is 74.8 cm³/mol. The van der Waals surface area contributed by atoms with Crippen molar-refractivity contribution in [3.63, 3.8) is 0 Å². The third-order valence-corrected chi connectivity index (χ3v) is 2.76. The highest BCUT2D eigenvalue weighted by Gasteiger charge is 2.30. The molecule has 0 N–H and O–H groups in total. The normalized spacial score (nSPS) is 10.7. The zero-order chi connectivity index (χ0) is 17.7. The summed E-state index contributed by atoms with van der Waals surface area (Å²) in [6.45, 7) is 0. The van der Waals surface area contributed by atoms with Gasteiger partial charge in [0.05, 0.1) is 12.7 Å². The van der Waals surface area contributed by atoms with Crippen molar-refractivity contribution in [1.82, 2.24) is 4.98 Å². The Kier molecular flexibility index (Phi) is 4.96. The van der Waals surface area contributed by atoms with E-state index in [-0.39, 0.29) is 23.1 Å². The number of benzene rings is 1. The average molecular weight is 338 g/mol. The minimum Gasteiger partial charge on any atom is -0.496 e. The molecule has 0 unspecified atom stereocenters. The summed E-state index contributed by atoms with van der Waals surface area (Å²) < 4.78 is 48.3. The van der Waals surface area contributed by atoms with Crippen molar-refractivity contribution < 1.29 is 32.2 Å². The van der Waals surface area contributed by atoms with Gasteiger partial charge in [0.15, 0.2) is 0 Å². The van der Waals surface area contributed by atoms with E-state index in [4.69, 9.17) is 9.47 Å². The molecule has 0 spiro atoms. The Morgan fingerprint density at radius 1 is 1.21 bits per heavy atom. The molecule has 0 aliphatic heterocycles. The molecule has 2 rings (SSSR count). The molecule has 0 bridgehead atoms. The lowest BCUT2D eigenvalue weighted by Gasteiger charge is -2.10. The van der Waals surface area contributed by atoms with Crippen LogP contribution in [0.25, 0.3) is 0 Å². The molecule has 0 atom stereocenters. The fourth-order valence-electron chi connectivity index (χ4n) is 1.72. The molecule has 0 aliphatic rings. The smallest absolute Gasteiger partial charge is 0.416 e. The molecule has 1 amide bonds. The SMILES string of the molecule is COc1cc(Oc2cccc(C(F)(F)F)c2)nc(C(=O)N=C=O)c1. The molecule has 0 saturated heterocycles. The number of aliphatic imine (C=N–C) groups is 1. The summed E-state index contributed by atoms with van der Waals surface area (Å²) in [6, 6.07) is 6.60. The van der Waals surface area contributed by atoms with E-state index in [1.807, 2.05) is 0 Å². The molecule has 0 saturated carbocycles. The summed E-state index contributed by atoms with van der Waals surface area (Å²) in [6.07, 6.45) is -3.45. The number of nitrogens with zero attached hydrogens (tertiary/aromatic N) is 2. The quantitative estimate of drug-likeness (QED) is 0.631. The molecule has 6 nitrogen and oxygen atoms in total. The van der Waals surface area contributed by atoms with Crippen LogP contribution in [0.3, 0.4) is 0 Å². The van der Waals surface area contributed by atoms with Crippen molar-refractivity contribution in [2.75, 3.05) is 7.11 Å². The van der Waals surface area contributed by atoms with E-state index >= 15 is 0 Å². The third kappa shape index (κ3) is 4.17. The maximum absolute atomic E-state index is 12.7. The Hall–Kier alpha value is -3.19. The number of alkyl halides is 3. The number of pyridine rings is 1. The minimum atomic E-state index is -4.53. The number of aromatic nitrogens is 1.